The van der Waals surface area contributed by atoms with Crippen molar-refractivity contribution < 1.29 is 108 Å². The molecular weight excluding hydrogens is 922 g/mol. The first-order valence-electron chi connectivity index (χ1n) is 17.7. The molecule has 9 rings (SSSR count). The summed E-state index contributed by atoms with van der Waals surface area (Å²) in [4.78, 5) is 41.9. The number of benzene rings is 3. The summed E-state index contributed by atoms with van der Waals surface area (Å²) in [6.07, 6.45) is 5.89. The second-order valence-corrected chi connectivity index (χ2v) is 13.3. The molecule has 11 nitrogen and oxygen atoms in total. The van der Waals surface area contributed by atoms with Gasteiger partial charge in [-0.2, -0.15) is 0 Å². The van der Waals surface area contributed by atoms with Crippen molar-refractivity contribution in [3.05, 3.63) is 119 Å². The number of aryl methyl sites for hydroxylation is 1. The smallest absolute Gasteiger partial charge is 0.238 e. The number of aromatic nitrogens is 3. The largest absolute Gasteiger partial charge is 0.423 e. The zero-order chi connectivity index (χ0) is 36.4. The van der Waals surface area contributed by atoms with E-state index in [0.29, 0.717) is 6.32 Å². The Hall–Kier alpha value is -2.01. The average molecular weight is 962 g/mol. The summed E-state index contributed by atoms with van der Waals surface area (Å²) >= 11 is 0. The third-order valence-corrected chi connectivity index (χ3v) is 9.92. The minimum Gasteiger partial charge on any atom is -0.423 e. The van der Waals surface area contributed by atoms with Crippen LogP contribution < -0.4 is 32.6 Å². The molecule has 6 aromatic rings. The molecule has 0 atom stereocenters. The maximum atomic E-state index is 12.3. The maximum Gasteiger partial charge on any atom is 0.238 e. The van der Waals surface area contributed by atoms with E-state index >= 15 is 0 Å². The second kappa shape index (κ2) is 20.6. The molecule has 3 aliphatic heterocycles. The standard InChI is InChI=1S/C14H15N2O2.C13H12BN2O.C13H13N2O2.3Y/c1-16-12-7-9(8-17)4-5-10(12)13-11(14(16)18)3-2-6-15-13;14-7-8-3-4-9-11(6-8)16-13(17)10-2-1-5-15-12(9)10;16-7-8-3-4-9-11(6-8)15-13(17)10-2-1-5-14-12(9)10;;;/h4,7,15,17H,2-3,6,8H2,1H3;3,6,15H,1-2,5,7H2,(H,16,17);3,6,14,16H,1-2,5,7H2,(H,15,17);;;/q3*-1;;;. The van der Waals surface area contributed by atoms with E-state index in [-0.39, 0.29) is 128 Å². The molecule has 0 fully saturated rings. The molecule has 0 unspecified atom stereocenters. The molecule has 0 spiro atoms. The fraction of sp³-hybridized carbons (Fsp3) is 0.325. The number of hydrogen-bond donors (Lipinski definition) is 7. The minimum atomic E-state index is -0.0427. The van der Waals surface area contributed by atoms with Crippen LogP contribution >= 0.6 is 0 Å². The van der Waals surface area contributed by atoms with Gasteiger partial charge in [0, 0.05) is 138 Å². The van der Waals surface area contributed by atoms with Gasteiger partial charge in [0.2, 0.25) is 16.7 Å². The number of aliphatic hydroxyl groups is 2. The molecule has 7 N–H and O–H groups in total. The van der Waals surface area contributed by atoms with Crippen LogP contribution in [0.3, 0.4) is 0 Å². The van der Waals surface area contributed by atoms with Gasteiger partial charge in [0.25, 0.3) is 0 Å². The maximum absolute atomic E-state index is 12.3. The van der Waals surface area contributed by atoms with E-state index in [9.17, 15) is 19.5 Å². The number of aromatic amines is 2. The van der Waals surface area contributed by atoms with Gasteiger partial charge in [0.05, 0.1) is 7.85 Å². The fourth-order valence-corrected chi connectivity index (χ4v) is 7.21. The fourth-order valence-electron chi connectivity index (χ4n) is 7.21. The topological polar surface area (TPSA) is 164 Å². The molecule has 0 bridgehead atoms. The second-order valence-electron chi connectivity index (χ2n) is 13.3. The van der Waals surface area contributed by atoms with Crippen LogP contribution in [0.2, 0.25) is 0 Å². The van der Waals surface area contributed by atoms with Gasteiger partial charge < -0.3 is 40.7 Å². The van der Waals surface area contributed by atoms with Crippen LogP contribution in [0.15, 0.2) is 50.8 Å². The Balaban J connectivity index is 0.000000179. The molecule has 6 heterocycles. The van der Waals surface area contributed by atoms with Crippen LogP contribution in [0.25, 0.3) is 32.7 Å². The van der Waals surface area contributed by atoms with Gasteiger partial charge >= 0.3 is 0 Å². The Morgan fingerprint density at radius 3 is 1.55 bits per heavy atom. The molecule has 275 valence electrons. The van der Waals surface area contributed by atoms with E-state index in [1.54, 1.807) is 29.8 Å². The van der Waals surface area contributed by atoms with Crippen molar-refractivity contribution >= 4 is 57.6 Å². The van der Waals surface area contributed by atoms with E-state index in [1.165, 1.54) is 0 Å². The quantitative estimate of drug-likeness (QED) is 0.104. The summed E-state index contributed by atoms with van der Waals surface area (Å²) in [5.41, 5.74) is 10.2. The Morgan fingerprint density at radius 1 is 0.636 bits per heavy atom. The number of rotatable bonds is 3. The van der Waals surface area contributed by atoms with Gasteiger partial charge in [0.1, 0.15) is 0 Å². The van der Waals surface area contributed by atoms with Crippen LogP contribution in [-0.2, 0) is 144 Å². The number of nitrogens with zero attached hydrogens (tertiary/aromatic N) is 1. The normalized spacial score (nSPS) is 13.6. The molecule has 3 aromatic carbocycles. The molecular formula is C40H40BN6O5Y3-3. The van der Waals surface area contributed by atoms with Gasteiger partial charge in [-0.3, -0.25) is 14.4 Å². The van der Waals surface area contributed by atoms with Crippen LogP contribution in [0.4, 0.5) is 17.1 Å². The van der Waals surface area contributed by atoms with Crippen molar-refractivity contribution in [3.63, 3.8) is 0 Å². The number of fused-ring (bicyclic) bond motifs is 9. The van der Waals surface area contributed by atoms with Crippen molar-refractivity contribution in [1.82, 2.24) is 14.5 Å². The first-order chi connectivity index (χ1) is 25.3. The predicted octanol–water partition coefficient (Wildman–Crippen LogP) is 3.72. The van der Waals surface area contributed by atoms with Gasteiger partial charge in [0.15, 0.2) is 0 Å². The summed E-state index contributed by atoms with van der Waals surface area (Å²) in [5.74, 6) is 0. The molecule has 15 heteroatoms. The van der Waals surface area contributed by atoms with Crippen LogP contribution in [0.1, 0.15) is 52.6 Å². The minimum absolute atomic E-state index is 0. The number of pyridine rings is 3. The Bertz CT molecular complexity index is 2390. The summed E-state index contributed by atoms with van der Waals surface area (Å²) in [7, 11) is 7.36. The number of anilines is 3. The van der Waals surface area contributed by atoms with Crippen molar-refractivity contribution in [3.8, 4) is 0 Å². The molecule has 0 saturated carbocycles. The van der Waals surface area contributed by atoms with Crippen molar-refractivity contribution in [2.75, 3.05) is 35.6 Å². The molecule has 3 aromatic heterocycles. The van der Waals surface area contributed by atoms with Crippen molar-refractivity contribution in [1.29, 1.82) is 0 Å². The van der Waals surface area contributed by atoms with Gasteiger partial charge in [-0.05, 0) is 88.8 Å². The van der Waals surface area contributed by atoms with Crippen molar-refractivity contribution in [2.24, 2.45) is 7.05 Å². The first-order valence-corrected chi connectivity index (χ1v) is 17.7. The Kier molecular flexibility index (Phi) is 17.1. The number of hydrogen-bond acceptors (Lipinski definition) is 8. The third-order valence-electron chi connectivity index (χ3n) is 9.92. The van der Waals surface area contributed by atoms with E-state index < -0.39 is 0 Å². The van der Waals surface area contributed by atoms with Gasteiger partial charge in [-0.1, -0.05) is 6.32 Å². The molecule has 0 amide bonds. The molecule has 0 saturated heterocycles. The number of aliphatic hydroxyl groups excluding tert-OH is 2. The Morgan fingerprint density at radius 2 is 1.05 bits per heavy atom. The summed E-state index contributed by atoms with van der Waals surface area (Å²) < 4.78 is 1.65. The molecule has 55 heavy (non-hydrogen) atoms. The van der Waals surface area contributed by atoms with Crippen LogP contribution in [0.5, 0.6) is 0 Å². The van der Waals surface area contributed by atoms with Crippen LogP contribution in [0, 0.1) is 18.2 Å². The third kappa shape index (κ3) is 9.66. The van der Waals surface area contributed by atoms with E-state index in [2.05, 4.69) is 44.1 Å². The molecule has 3 aliphatic rings. The Labute approximate surface area is 395 Å². The molecule has 5 radical (unpaired) electrons. The van der Waals surface area contributed by atoms with E-state index in [0.717, 1.165) is 141 Å². The number of H-pyrrole nitrogens is 2. The summed E-state index contributed by atoms with van der Waals surface area (Å²) in [5, 5.41) is 30.9. The van der Waals surface area contributed by atoms with Crippen LogP contribution in [-0.4, -0.2) is 52.2 Å². The summed E-state index contributed by atoms with van der Waals surface area (Å²) in [6, 6.07) is 20.5. The summed E-state index contributed by atoms with van der Waals surface area (Å²) in [6.45, 7) is 2.62. The van der Waals surface area contributed by atoms with E-state index in [1.807, 2.05) is 18.2 Å². The monoisotopic (exact) mass is 962 g/mol. The average Bonchev–Trinajstić information content (AvgIpc) is 3.20. The number of nitrogens with one attached hydrogen (secondary N) is 5. The van der Waals surface area contributed by atoms with E-state index in [4.69, 9.17) is 13.0 Å². The van der Waals surface area contributed by atoms with Gasteiger partial charge in [-0.25, -0.2) is 0 Å². The SMILES string of the molecule is Cn1c(=O)c2c(c3[c-]cc(CO)cc31)NCCC2.O=c1[nH]c2cc(CO)c[c-]c2c2c1CCCN2.[B]Cc1c[c-]c2c3c(c(=O)[nH]c2c1)CCCN3.[Y].[Y].[Y]. The van der Waals surface area contributed by atoms with Gasteiger partial charge in [-0.15, -0.1) is 87.4 Å². The zero-order valence-electron chi connectivity index (χ0n) is 30.8. The van der Waals surface area contributed by atoms with Crippen molar-refractivity contribution in [2.45, 2.75) is 58.1 Å². The zero-order valence-corrected chi connectivity index (χ0v) is 39.3. The predicted molar refractivity (Wildman–Crippen MR) is 207 cm³/mol. The first kappa shape index (κ1) is 45.7. The molecule has 0 aliphatic carbocycles.